The molecule has 30 heavy (non-hydrogen) atoms. The van der Waals surface area contributed by atoms with Crippen LogP contribution in [0.15, 0.2) is 77.7 Å². The molecule has 0 unspecified atom stereocenters. The van der Waals surface area contributed by atoms with Gasteiger partial charge in [-0.15, -0.1) is 0 Å². The number of benzene rings is 3. The Bertz CT molecular complexity index is 1200. The van der Waals surface area contributed by atoms with Crippen LogP contribution in [0.2, 0.25) is 10.0 Å². The summed E-state index contributed by atoms with van der Waals surface area (Å²) in [4.78, 5) is 14.8. The number of hydrogen-bond donors (Lipinski definition) is 0. The number of halogens is 2. The van der Waals surface area contributed by atoms with Crippen LogP contribution in [-0.2, 0) is 27.9 Å². The summed E-state index contributed by atoms with van der Waals surface area (Å²) >= 11 is 12.0. The second-order valence-corrected chi connectivity index (χ2v) is 9.76. The van der Waals surface area contributed by atoms with Crippen LogP contribution in [0, 0.1) is 0 Å². The standard InChI is InChI=1S/C22H18Cl2N2O3S/c23-18-10-8-16(9-11-18)14-26-20-6-1-2-7-21(20)30(28,29)25(15-22(26)27)13-17-4-3-5-19(24)12-17/h1-12H,13-15H2. The van der Waals surface area contributed by atoms with Crippen molar-refractivity contribution in [1.29, 1.82) is 0 Å². The van der Waals surface area contributed by atoms with Gasteiger partial charge >= 0.3 is 0 Å². The summed E-state index contributed by atoms with van der Waals surface area (Å²) in [5.74, 6) is -0.305. The first kappa shape index (κ1) is 20.9. The van der Waals surface area contributed by atoms with Crippen molar-refractivity contribution in [2.24, 2.45) is 0 Å². The Labute approximate surface area is 185 Å². The molecule has 0 aromatic heterocycles. The molecule has 1 heterocycles. The first-order chi connectivity index (χ1) is 14.3. The molecule has 0 radical (unpaired) electrons. The Morgan fingerprint density at radius 2 is 1.53 bits per heavy atom. The number of amides is 1. The van der Waals surface area contributed by atoms with E-state index in [0.29, 0.717) is 21.3 Å². The molecule has 0 saturated carbocycles. The van der Waals surface area contributed by atoms with Crippen LogP contribution in [0.25, 0.3) is 0 Å². The molecule has 0 fully saturated rings. The molecule has 3 aromatic rings. The van der Waals surface area contributed by atoms with Gasteiger partial charge < -0.3 is 4.90 Å². The lowest BCUT2D eigenvalue weighted by Crippen LogP contribution is -2.38. The number of hydrogen-bond acceptors (Lipinski definition) is 3. The van der Waals surface area contributed by atoms with Crippen LogP contribution in [0.1, 0.15) is 11.1 Å². The van der Waals surface area contributed by atoms with Gasteiger partial charge in [0.15, 0.2) is 0 Å². The van der Waals surface area contributed by atoms with E-state index in [1.165, 1.54) is 15.3 Å². The second-order valence-electron chi connectivity index (χ2n) is 6.98. The van der Waals surface area contributed by atoms with E-state index >= 15 is 0 Å². The van der Waals surface area contributed by atoms with E-state index in [4.69, 9.17) is 23.2 Å². The number of nitrogens with zero attached hydrogens (tertiary/aromatic N) is 2. The first-order valence-corrected chi connectivity index (χ1v) is 11.4. The number of rotatable bonds is 4. The van der Waals surface area contributed by atoms with Gasteiger partial charge in [-0.25, -0.2) is 8.42 Å². The van der Waals surface area contributed by atoms with E-state index in [0.717, 1.165) is 5.56 Å². The van der Waals surface area contributed by atoms with E-state index in [-0.39, 0.29) is 30.4 Å². The summed E-state index contributed by atoms with van der Waals surface area (Å²) < 4.78 is 28.0. The zero-order valence-corrected chi connectivity index (χ0v) is 18.2. The molecule has 3 aromatic carbocycles. The number of fused-ring (bicyclic) bond motifs is 1. The lowest BCUT2D eigenvalue weighted by molar-refractivity contribution is -0.119. The lowest BCUT2D eigenvalue weighted by atomic mass is 10.2. The fraction of sp³-hybridized carbons (Fsp3) is 0.136. The van der Waals surface area contributed by atoms with Crippen LogP contribution in [0.4, 0.5) is 5.69 Å². The van der Waals surface area contributed by atoms with Crippen LogP contribution in [-0.4, -0.2) is 25.2 Å². The molecule has 1 aliphatic heterocycles. The Kier molecular flexibility index (Phi) is 5.84. The highest BCUT2D eigenvalue weighted by atomic mass is 35.5. The average molecular weight is 461 g/mol. The summed E-state index contributed by atoms with van der Waals surface area (Å²) in [5.41, 5.74) is 1.93. The third kappa shape index (κ3) is 4.23. The number of carbonyl (C=O) groups excluding carboxylic acids is 1. The monoisotopic (exact) mass is 460 g/mol. The molecular formula is C22H18Cl2N2O3S. The highest BCUT2D eigenvalue weighted by molar-refractivity contribution is 7.89. The van der Waals surface area contributed by atoms with Crippen LogP contribution >= 0.6 is 23.2 Å². The van der Waals surface area contributed by atoms with Crippen molar-refractivity contribution in [3.8, 4) is 0 Å². The minimum absolute atomic E-state index is 0.0533. The molecule has 154 valence electrons. The van der Waals surface area contributed by atoms with Gasteiger partial charge in [0.05, 0.1) is 18.8 Å². The van der Waals surface area contributed by atoms with Crippen molar-refractivity contribution in [3.05, 3.63) is 94.0 Å². The summed E-state index contributed by atoms with van der Waals surface area (Å²) in [6.07, 6.45) is 0. The van der Waals surface area contributed by atoms with E-state index in [1.54, 1.807) is 54.6 Å². The Balaban J connectivity index is 1.74. The maximum absolute atomic E-state index is 13.4. The molecule has 1 aliphatic rings. The average Bonchev–Trinajstić information content (AvgIpc) is 2.79. The molecule has 8 heteroatoms. The van der Waals surface area contributed by atoms with Crippen molar-refractivity contribution < 1.29 is 13.2 Å². The molecule has 1 amide bonds. The molecule has 0 saturated heterocycles. The minimum atomic E-state index is -3.89. The fourth-order valence-electron chi connectivity index (χ4n) is 3.42. The van der Waals surface area contributed by atoms with Crippen LogP contribution in [0.3, 0.4) is 0 Å². The van der Waals surface area contributed by atoms with E-state index < -0.39 is 10.0 Å². The Morgan fingerprint density at radius 3 is 2.27 bits per heavy atom. The topological polar surface area (TPSA) is 57.7 Å². The van der Waals surface area contributed by atoms with Gasteiger partial charge in [0.1, 0.15) is 4.90 Å². The molecule has 4 rings (SSSR count). The van der Waals surface area contributed by atoms with E-state index in [2.05, 4.69) is 0 Å². The van der Waals surface area contributed by atoms with E-state index in [9.17, 15) is 13.2 Å². The third-order valence-corrected chi connectivity index (χ3v) is 7.21. The number of sulfonamides is 1. The van der Waals surface area contributed by atoms with Crippen molar-refractivity contribution >= 4 is 44.8 Å². The second kappa shape index (κ2) is 8.40. The Hall–Kier alpha value is -2.38. The largest absolute Gasteiger partial charge is 0.305 e. The maximum Gasteiger partial charge on any atom is 0.245 e. The van der Waals surface area contributed by atoms with Crippen molar-refractivity contribution in [2.45, 2.75) is 18.0 Å². The fourth-order valence-corrected chi connectivity index (χ4v) is 5.33. The van der Waals surface area contributed by atoms with Crippen molar-refractivity contribution in [1.82, 2.24) is 4.31 Å². The minimum Gasteiger partial charge on any atom is -0.305 e. The predicted octanol–water partition coefficient (Wildman–Crippen LogP) is 4.73. The number of anilines is 1. The van der Waals surface area contributed by atoms with Crippen molar-refractivity contribution in [2.75, 3.05) is 11.4 Å². The van der Waals surface area contributed by atoms with Gasteiger partial charge in [-0.05, 0) is 47.5 Å². The van der Waals surface area contributed by atoms with E-state index in [1.807, 2.05) is 12.1 Å². The van der Waals surface area contributed by atoms with Gasteiger partial charge in [0.25, 0.3) is 0 Å². The van der Waals surface area contributed by atoms with Gasteiger partial charge in [-0.1, -0.05) is 59.6 Å². The normalized spacial score (nSPS) is 16.2. The summed E-state index contributed by atoms with van der Waals surface area (Å²) in [5, 5.41) is 1.10. The Morgan fingerprint density at radius 1 is 0.800 bits per heavy atom. The molecule has 0 bridgehead atoms. The van der Waals surface area contributed by atoms with Gasteiger partial charge in [-0.2, -0.15) is 4.31 Å². The first-order valence-electron chi connectivity index (χ1n) is 9.23. The molecular weight excluding hydrogens is 443 g/mol. The quantitative estimate of drug-likeness (QED) is 0.565. The summed E-state index contributed by atoms with van der Waals surface area (Å²) in [7, 11) is -3.89. The molecule has 0 aliphatic carbocycles. The number of para-hydroxylation sites is 1. The predicted molar refractivity (Wildman–Crippen MR) is 118 cm³/mol. The molecule has 0 atom stereocenters. The molecule has 0 spiro atoms. The zero-order chi connectivity index (χ0) is 21.3. The van der Waals surface area contributed by atoms with Gasteiger partial charge in [0, 0.05) is 16.6 Å². The SMILES string of the molecule is O=C1CN(Cc2cccc(Cl)c2)S(=O)(=O)c2ccccc2N1Cc1ccc(Cl)cc1. The molecule has 5 nitrogen and oxygen atoms in total. The van der Waals surface area contributed by atoms with Gasteiger partial charge in [0.2, 0.25) is 15.9 Å². The lowest BCUT2D eigenvalue weighted by Gasteiger charge is -2.22. The van der Waals surface area contributed by atoms with Crippen molar-refractivity contribution in [3.63, 3.8) is 0 Å². The molecule has 0 N–H and O–H groups in total. The third-order valence-electron chi connectivity index (χ3n) is 4.89. The number of carbonyl (C=O) groups is 1. The van der Waals surface area contributed by atoms with Crippen LogP contribution in [0.5, 0.6) is 0 Å². The summed E-state index contributed by atoms with van der Waals surface area (Å²) in [6, 6.07) is 20.7. The highest BCUT2D eigenvalue weighted by Gasteiger charge is 2.36. The maximum atomic E-state index is 13.4. The smallest absolute Gasteiger partial charge is 0.245 e. The van der Waals surface area contributed by atoms with Crippen LogP contribution < -0.4 is 4.90 Å². The van der Waals surface area contributed by atoms with Gasteiger partial charge in [-0.3, -0.25) is 4.79 Å². The summed E-state index contributed by atoms with van der Waals surface area (Å²) in [6.45, 7) is 0.0302. The zero-order valence-electron chi connectivity index (χ0n) is 15.8. The highest BCUT2D eigenvalue weighted by Crippen LogP contribution is 2.33.